The molecule has 0 bridgehead atoms. The second-order valence-electron chi connectivity index (χ2n) is 6.44. The Kier molecular flexibility index (Phi) is 4.95. The molecular weight excluding hydrogens is 290 g/mol. The molecule has 0 saturated carbocycles. The van der Waals surface area contributed by atoms with E-state index in [1.54, 1.807) is 4.90 Å². The van der Waals surface area contributed by atoms with Gasteiger partial charge in [0, 0.05) is 38.5 Å². The highest BCUT2D eigenvalue weighted by molar-refractivity contribution is 7.92. The second kappa shape index (κ2) is 6.22. The van der Waals surface area contributed by atoms with E-state index in [0.29, 0.717) is 45.1 Å². The van der Waals surface area contributed by atoms with Crippen molar-refractivity contribution >= 4 is 15.7 Å². The molecule has 2 heterocycles. The Morgan fingerprint density at radius 3 is 2.05 bits per heavy atom. The average molecular weight is 317 g/mol. The van der Waals surface area contributed by atoms with Gasteiger partial charge in [-0.1, -0.05) is 0 Å². The Bertz CT molecular complexity index is 476. The number of piperidine rings is 1. The summed E-state index contributed by atoms with van der Waals surface area (Å²) in [5.74, 6) is -0.185. The lowest BCUT2D eigenvalue weighted by atomic mass is 9.94. The third-order valence-electron chi connectivity index (χ3n) is 4.84. The van der Waals surface area contributed by atoms with Gasteiger partial charge in [0.25, 0.3) is 0 Å². The van der Waals surface area contributed by atoms with Crippen LogP contribution in [0.5, 0.6) is 0 Å². The number of carbonyl (C=O) groups excluding carboxylic acids is 1. The molecule has 1 amide bonds. The van der Waals surface area contributed by atoms with Crippen LogP contribution in [-0.2, 0) is 14.6 Å². The monoisotopic (exact) mass is 317 g/mol. The van der Waals surface area contributed by atoms with E-state index in [4.69, 9.17) is 0 Å². The van der Waals surface area contributed by atoms with Crippen molar-refractivity contribution in [3.8, 4) is 0 Å². The van der Waals surface area contributed by atoms with Crippen molar-refractivity contribution in [3.05, 3.63) is 0 Å². The average Bonchev–Trinajstić information content (AvgIpc) is 2.46. The fraction of sp³-hybridized carbons (Fsp3) is 0.929. The Morgan fingerprint density at radius 2 is 1.62 bits per heavy atom. The molecule has 0 spiro atoms. The van der Waals surface area contributed by atoms with Crippen LogP contribution in [0.3, 0.4) is 0 Å². The Morgan fingerprint density at radius 1 is 1.10 bits per heavy atom. The zero-order chi connectivity index (χ0) is 15.7. The van der Waals surface area contributed by atoms with Crippen molar-refractivity contribution in [3.63, 3.8) is 0 Å². The molecule has 0 aromatic rings. The zero-order valence-corrected chi connectivity index (χ0v) is 14.1. The van der Waals surface area contributed by atoms with Crippen LogP contribution in [0.15, 0.2) is 0 Å². The van der Waals surface area contributed by atoms with Crippen molar-refractivity contribution in [2.75, 3.05) is 45.5 Å². The third kappa shape index (κ3) is 3.24. The van der Waals surface area contributed by atoms with Crippen LogP contribution in [0, 0.1) is 0 Å². The van der Waals surface area contributed by atoms with E-state index < -0.39 is 14.6 Å². The number of nitrogens with one attached hydrogen (secondary N) is 1. The van der Waals surface area contributed by atoms with Gasteiger partial charge in [0.1, 0.15) is 0 Å². The summed E-state index contributed by atoms with van der Waals surface area (Å²) in [7, 11) is -3.41. The number of hydrogen-bond donors (Lipinski definition) is 1. The summed E-state index contributed by atoms with van der Waals surface area (Å²) in [5.41, 5.74) is 0. The van der Waals surface area contributed by atoms with Crippen molar-refractivity contribution in [2.45, 2.75) is 37.5 Å². The van der Waals surface area contributed by atoms with Crippen molar-refractivity contribution < 1.29 is 13.2 Å². The molecule has 122 valence electrons. The van der Waals surface area contributed by atoms with E-state index in [1.165, 1.54) is 6.26 Å². The van der Waals surface area contributed by atoms with Gasteiger partial charge < -0.3 is 10.2 Å². The lowest BCUT2D eigenvalue weighted by molar-refractivity contribution is -0.136. The minimum absolute atomic E-state index is 0.185. The summed E-state index contributed by atoms with van der Waals surface area (Å²) in [6, 6.07) is 0.463. The SMILES string of the molecule is CC(C)N1CCN(C(=O)C2(S(C)(=O)=O)CCNCC2)CC1. The number of nitrogens with zero attached hydrogens (tertiary/aromatic N) is 2. The molecule has 21 heavy (non-hydrogen) atoms. The molecule has 1 N–H and O–H groups in total. The summed E-state index contributed by atoms with van der Waals surface area (Å²) >= 11 is 0. The summed E-state index contributed by atoms with van der Waals surface area (Å²) < 4.78 is 23.3. The highest BCUT2D eigenvalue weighted by atomic mass is 32.2. The first-order chi connectivity index (χ1) is 9.78. The molecule has 7 heteroatoms. The van der Waals surface area contributed by atoms with Crippen molar-refractivity contribution in [1.82, 2.24) is 15.1 Å². The van der Waals surface area contributed by atoms with Crippen molar-refractivity contribution in [1.29, 1.82) is 0 Å². The van der Waals surface area contributed by atoms with Gasteiger partial charge >= 0.3 is 0 Å². The second-order valence-corrected chi connectivity index (χ2v) is 8.76. The fourth-order valence-corrected chi connectivity index (χ4v) is 4.70. The summed E-state index contributed by atoms with van der Waals surface area (Å²) in [6.45, 7) is 8.35. The van der Waals surface area contributed by atoms with Crippen LogP contribution in [0.2, 0.25) is 0 Å². The highest BCUT2D eigenvalue weighted by Gasteiger charge is 2.50. The first kappa shape index (κ1) is 16.7. The lowest BCUT2D eigenvalue weighted by Gasteiger charge is -2.42. The van der Waals surface area contributed by atoms with Crippen LogP contribution in [0.1, 0.15) is 26.7 Å². The predicted octanol–water partition coefficient (Wildman–Crippen LogP) is -0.294. The minimum Gasteiger partial charge on any atom is -0.339 e. The summed E-state index contributed by atoms with van der Waals surface area (Å²) in [6.07, 6.45) is 1.98. The Balaban J connectivity index is 2.14. The maximum absolute atomic E-state index is 12.9. The van der Waals surface area contributed by atoms with Gasteiger partial charge in [-0.2, -0.15) is 0 Å². The first-order valence-electron chi connectivity index (χ1n) is 7.72. The van der Waals surface area contributed by atoms with Crippen LogP contribution < -0.4 is 5.32 Å². The standard InChI is InChI=1S/C14H27N3O3S/c1-12(2)16-8-10-17(11-9-16)13(18)14(21(3,19)20)4-6-15-7-5-14/h12,15H,4-11H2,1-3H3. The molecule has 2 fully saturated rings. The smallest absolute Gasteiger partial charge is 0.244 e. The van der Waals surface area contributed by atoms with Gasteiger partial charge in [-0.3, -0.25) is 9.69 Å². The van der Waals surface area contributed by atoms with Crippen LogP contribution >= 0.6 is 0 Å². The number of piperazine rings is 1. The molecule has 2 rings (SSSR count). The van der Waals surface area contributed by atoms with E-state index in [0.717, 1.165) is 13.1 Å². The molecule has 2 saturated heterocycles. The van der Waals surface area contributed by atoms with Crippen LogP contribution in [-0.4, -0.2) is 80.4 Å². The Hall–Kier alpha value is -0.660. The first-order valence-corrected chi connectivity index (χ1v) is 9.61. The number of sulfone groups is 1. The van der Waals surface area contributed by atoms with Crippen LogP contribution in [0.25, 0.3) is 0 Å². The summed E-state index contributed by atoms with van der Waals surface area (Å²) in [4.78, 5) is 17.0. The van der Waals surface area contributed by atoms with E-state index in [-0.39, 0.29) is 5.91 Å². The van der Waals surface area contributed by atoms with E-state index in [2.05, 4.69) is 24.1 Å². The molecule has 2 aliphatic heterocycles. The Labute approximate surface area is 127 Å². The topological polar surface area (TPSA) is 69.7 Å². The maximum Gasteiger partial charge on any atom is 0.244 e. The molecule has 0 unspecified atom stereocenters. The molecule has 6 nitrogen and oxygen atoms in total. The maximum atomic E-state index is 12.9. The van der Waals surface area contributed by atoms with Gasteiger partial charge in [-0.25, -0.2) is 8.42 Å². The quantitative estimate of drug-likeness (QED) is 0.774. The highest BCUT2D eigenvalue weighted by Crippen LogP contribution is 2.30. The number of carbonyl (C=O) groups is 1. The number of rotatable bonds is 3. The van der Waals surface area contributed by atoms with Gasteiger partial charge in [-0.15, -0.1) is 0 Å². The largest absolute Gasteiger partial charge is 0.339 e. The molecular formula is C14H27N3O3S. The van der Waals surface area contributed by atoms with Gasteiger partial charge in [-0.05, 0) is 39.8 Å². The lowest BCUT2D eigenvalue weighted by Crippen LogP contribution is -2.61. The normalized spacial score (nSPS) is 24.3. The van der Waals surface area contributed by atoms with E-state index >= 15 is 0 Å². The third-order valence-corrected chi connectivity index (χ3v) is 6.84. The molecule has 0 radical (unpaired) electrons. The fourth-order valence-electron chi connectivity index (χ4n) is 3.30. The molecule has 0 aromatic carbocycles. The molecule has 0 aliphatic carbocycles. The molecule has 0 aromatic heterocycles. The summed E-state index contributed by atoms with van der Waals surface area (Å²) in [5, 5.41) is 3.15. The van der Waals surface area contributed by atoms with Crippen molar-refractivity contribution in [2.24, 2.45) is 0 Å². The van der Waals surface area contributed by atoms with E-state index in [9.17, 15) is 13.2 Å². The van der Waals surface area contributed by atoms with Gasteiger partial charge in [0.15, 0.2) is 14.6 Å². The molecule has 0 atom stereocenters. The predicted molar refractivity (Wildman–Crippen MR) is 83.0 cm³/mol. The van der Waals surface area contributed by atoms with Crippen LogP contribution in [0.4, 0.5) is 0 Å². The van der Waals surface area contributed by atoms with E-state index in [1.807, 2.05) is 0 Å². The number of amides is 1. The zero-order valence-electron chi connectivity index (χ0n) is 13.3. The molecule has 2 aliphatic rings. The van der Waals surface area contributed by atoms with Gasteiger partial charge in [0.05, 0.1) is 0 Å². The number of hydrogen-bond acceptors (Lipinski definition) is 5. The minimum atomic E-state index is -3.41. The van der Waals surface area contributed by atoms with Gasteiger partial charge in [0.2, 0.25) is 5.91 Å².